The molecule has 0 bridgehead atoms. The highest BCUT2D eigenvalue weighted by atomic mass is 32.2. The number of sulfonamides is 1. The molecule has 4 aliphatic rings. The Morgan fingerprint density at radius 2 is 1.78 bits per heavy atom. The van der Waals surface area contributed by atoms with Gasteiger partial charge in [-0.2, -0.15) is 0 Å². The fourth-order valence-electron chi connectivity index (χ4n) is 7.33. The zero-order valence-electron chi connectivity index (χ0n) is 31.1. The molecule has 0 aromatic heterocycles. The van der Waals surface area contributed by atoms with Crippen molar-refractivity contribution in [3.05, 3.63) is 65.0 Å². The minimum atomic E-state index is -3.90. The Labute approximate surface area is 319 Å². The third-order valence-corrected chi connectivity index (χ3v) is 12.5. The third kappa shape index (κ3) is 8.03. The molecule has 2 saturated carbocycles. The monoisotopic (exact) mass is 775 g/mol. The lowest BCUT2D eigenvalue weighted by Crippen LogP contribution is -2.58. The van der Waals surface area contributed by atoms with Crippen LogP contribution in [0.2, 0.25) is 0 Å². The zero-order valence-corrected chi connectivity index (χ0v) is 32.0. The van der Waals surface area contributed by atoms with Crippen molar-refractivity contribution in [2.45, 2.75) is 109 Å². The van der Waals surface area contributed by atoms with Crippen LogP contribution in [0, 0.1) is 17.2 Å². The van der Waals surface area contributed by atoms with Crippen LogP contribution in [-0.2, 0) is 47.0 Å². The van der Waals surface area contributed by atoms with Gasteiger partial charge in [0.05, 0.1) is 30.5 Å². The van der Waals surface area contributed by atoms with Crippen molar-refractivity contribution in [1.82, 2.24) is 19.8 Å². The van der Waals surface area contributed by atoms with Gasteiger partial charge in [0.15, 0.2) is 0 Å². The van der Waals surface area contributed by atoms with Gasteiger partial charge < -0.3 is 25.0 Å². The molecule has 54 heavy (non-hydrogen) atoms. The van der Waals surface area contributed by atoms with Gasteiger partial charge in [-0.3, -0.25) is 24.0 Å². The smallest absolute Gasteiger partial charge is 0.410 e. The second-order valence-electron chi connectivity index (χ2n) is 15.7. The van der Waals surface area contributed by atoms with Crippen LogP contribution in [0.25, 0.3) is 0 Å². The first-order valence-corrected chi connectivity index (χ1v) is 20.0. The SMILES string of the molecule is CCOC(=O)c1cccc(N[C@H](C(=O)N2C[C@H](OC(=O)N3Cc4cccc(F)c4C3)C[C@H]2C(=O)N[C@]2(C(=O)NS(=O)(=O)C3CC3)C[C@H]2CC)C(C)(C)C)c1.[HH].[HH].[HH]. The summed E-state index contributed by atoms with van der Waals surface area (Å²) in [6, 6.07) is 8.95. The molecule has 2 aliphatic heterocycles. The number of nitrogens with zero attached hydrogens (tertiary/aromatic N) is 2. The van der Waals surface area contributed by atoms with Crippen molar-refractivity contribution in [3.8, 4) is 0 Å². The predicted molar refractivity (Wildman–Crippen MR) is 201 cm³/mol. The number of amides is 4. The van der Waals surface area contributed by atoms with Gasteiger partial charge in [0.2, 0.25) is 21.8 Å². The molecule has 3 N–H and O–H groups in total. The summed E-state index contributed by atoms with van der Waals surface area (Å²) in [5, 5.41) is 5.39. The van der Waals surface area contributed by atoms with Crippen LogP contribution >= 0.6 is 0 Å². The quantitative estimate of drug-likeness (QED) is 0.258. The van der Waals surface area contributed by atoms with E-state index < -0.39 is 80.0 Å². The first-order valence-electron chi connectivity index (χ1n) is 18.4. The number of benzene rings is 2. The molecule has 298 valence electrons. The number of carbonyl (C=O) groups excluding carboxylic acids is 5. The van der Waals surface area contributed by atoms with E-state index in [0.717, 1.165) is 0 Å². The van der Waals surface area contributed by atoms with Crippen LogP contribution in [0.4, 0.5) is 14.9 Å². The summed E-state index contributed by atoms with van der Waals surface area (Å²) in [6.07, 6.45) is -0.179. The first-order chi connectivity index (χ1) is 25.5. The van der Waals surface area contributed by atoms with Gasteiger partial charge in [0, 0.05) is 28.5 Å². The molecule has 3 fully saturated rings. The average molecular weight is 776 g/mol. The number of ether oxygens (including phenoxy) is 2. The Morgan fingerprint density at radius 1 is 1.06 bits per heavy atom. The first kappa shape index (κ1) is 39.0. The van der Waals surface area contributed by atoms with Crippen LogP contribution in [-0.4, -0.2) is 90.1 Å². The van der Waals surface area contributed by atoms with Crippen LogP contribution in [0.5, 0.6) is 0 Å². The molecule has 2 aliphatic carbocycles. The molecule has 4 amide bonds. The Morgan fingerprint density at radius 3 is 2.41 bits per heavy atom. The summed E-state index contributed by atoms with van der Waals surface area (Å²) in [5.41, 5.74) is -0.463. The maximum absolute atomic E-state index is 14.7. The summed E-state index contributed by atoms with van der Waals surface area (Å²) < 4.78 is 53.1. The molecule has 1 saturated heterocycles. The molecule has 0 unspecified atom stereocenters. The van der Waals surface area contributed by atoms with Crippen LogP contribution < -0.4 is 15.4 Å². The normalized spacial score (nSPS) is 23.9. The van der Waals surface area contributed by atoms with Crippen molar-refractivity contribution in [2.75, 3.05) is 18.5 Å². The summed E-state index contributed by atoms with van der Waals surface area (Å²) in [5.74, 6) is -3.30. The summed E-state index contributed by atoms with van der Waals surface area (Å²) >= 11 is 0. The van der Waals surface area contributed by atoms with E-state index in [1.165, 1.54) is 15.9 Å². The maximum atomic E-state index is 14.7. The van der Waals surface area contributed by atoms with E-state index in [1.54, 1.807) is 43.3 Å². The van der Waals surface area contributed by atoms with Crippen molar-refractivity contribution >= 4 is 45.5 Å². The largest absolute Gasteiger partial charge is 0.462 e. The number of anilines is 1. The lowest BCUT2D eigenvalue weighted by molar-refractivity contribution is -0.141. The lowest BCUT2D eigenvalue weighted by atomic mass is 9.85. The summed E-state index contributed by atoms with van der Waals surface area (Å²) in [6.45, 7) is 9.18. The molecule has 16 heteroatoms. The number of nitrogens with one attached hydrogen (secondary N) is 3. The van der Waals surface area contributed by atoms with Gasteiger partial charge >= 0.3 is 12.1 Å². The highest BCUT2D eigenvalue weighted by Gasteiger charge is 2.62. The van der Waals surface area contributed by atoms with Gasteiger partial charge in [-0.25, -0.2) is 22.4 Å². The van der Waals surface area contributed by atoms with Crippen LogP contribution in [0.15, 0.2) is 42.5 Å². The number of fused-ring (bicyclic) bond motifs is 1. The summed E-state index contributed by atoms with van der Waals surface area (Å²) in [7, 11) is -3.90. The Bertz CT molecular complexity index is 1970. The highest BCUT2D eigenvalue weighted by molar-refractivity contribution is 7.91. The molecule has 14 nitrogen and oxygen atoms in total. The van der Waals surface area contributed by atoms with Gasteiger partial charge in [0.25, 0.3) is 5.91 Å². The minimum absolute atomic E-state index is 0. The number of esters is 1. The van der Waals surface area contributed by atoms with E-state index >= 15 is 0 Å². The van der Waals surface area contributed by atoms with Crippen LogP contribution in [0.1, 0.15) is 92.5 Å². The number of hydrogen-bond donors (Lipinski definition) is 3. The number of rotatable bonds is 12. The number of halogens is 1. The second kappa shape index (κ2) is 14.8. The molecule has 0 spiro atoms. The molecule has 2 aromatic rings. The highest BCUT2D eigenvalue weighted by Crippen LogP contribution is 2.47. The van der Waals surface area contributed by atoms with Crippen molar-refractivity contribution in [3.63, 3.8) is 0 Å². The third-order valence-electron chi connectivity index (χ3n) is 10.6. The van der Waals surface area contributed by atoms with E-state index in [0.29, 0.717) is 36.1 Å². The molecule has 0 radical (unpaired) electrons. The van der Waals surface area contributed by atoms with Crippen molar-refractivity contribution in [2.24, 2.45) is 11.3 Å². The summed E-state index contributed by atoms with van der Waals surface area (Å²) in [4.78, 5) is 71.0. The zero-order chi connectivity index (χ0) is 39.2. The van der Waals surface area contributed by atoms with E-state index in [4.69, 9.17) is 9.47 Å². The van der Waals surface area contributed by atoms with Crippen LogP contribution in [0.3, 0.4) is 0 Å². The Hall–Kier alpha value is -4.73. The lowest BCUT2D eigenvalue weighted by Gasteiger charge is -2.36. The minimum Gasteiger partial charge on any atom is -0.462 e. The predicted octanol–water partition coefficient (Wildman–Crippen LogP) is 4.58. The second-order valence-corrected chi connectivity index (χ2v) is 17.6. The Kier molecular flexibility index (Phi) is 10.7. The van der Waals surface area contributed by atoms with E-state index in [9.17, 15) is 36.8 Å². The number of hydrogen-bond acceptors (Lipinski definition) is 10. The van der Waals surface area contributed by atoms with E-state index in [1.807, 2.05) is 27.7 Å². The maximum Gasteiger partial charge on any atom is 0.410 e. The molecule has 2 heterocycles. The van der Waals surface area contributed by atoms with Gasteiger partial charge in [-0.1, -0.05) is 52.3 Å². The molecule has 5 atom stereocenters. The van der Waals surface area contributed by atoms with Crippen molar-refractivity contribution < 1.29 is 50.5 Å². The van der Waals surface area contributed by atoms with Gasteiger partial charge in [0.1, 0.15) is 29.5 Å². The molecule has 2 aromatic carbocycles. The number of likely N-dealkylation sites (tertiary alicyclic amines) is 1. The molecular formula is C38H54FN5O9S. The topological polar surface area (TPSA) is 181 Å². The average Bonchev–Trinajstić information content (AvgIpc) is 4.01. The van der Waals surface area contributed by atoms with E-state index in [2.05, 4.69) is 15.4 Å². The molecule has 6 rings (SSSR count). The fourth-order valence-corrected chi connectivity index (χ4v) is 8.69. The van der Waals surface area contributed by atoms with Crippen molar-refractivity contribution in [1.29, 1.82) is 0 Å². The number of carbonyl (C=O) groups is 5. The van der Waals surface area contributed by atoms with E-state index in [-0.39, 0.29) is 54.8 Å². The fraction of sp³-hybridized carbons (Fsp3) is 0.553. The molecular weight excluding hydrogens is 722 g/mol. The van der Waals surface area contributed by atoms with Gasteiger partial charge in [-0.15, -0.1) is 0 Å². The Balaban J connectivity index is 0.00000290. The van der Waals surface area contributed by atoms with Gasteiger partial charge in [-0.05, 0) is 67.3 Å². The standard InChI is InChI=1S/C38H48FN5O9S.3H2/c1-6-24-18-38(24,35(48)42-54(50,51)27-14-15-27)41-32(45)30-17-26(53-36(49)43-19-23-11-9-13-29(39)28(23)21-43)20-44(30)33(46)31(37(3,4)5)40-25-12-8-10-22(16-25)34(47)52-7-2;;;/h8-13,16,24,26-27,30-31,40H,6-7,14-15,17-21H2,1-5H3,(H,41,45)(H,42,48);3*1H/t24-,26-,30+,31-,38-;;;/m1.../s1.